The van der Waals surface area contributed by atoms with Crippen molar-refractivity contribution >= 4 is 20.0 Å². The van der Waals surface area contributed by atoms with E-state index in [9.17, 15) is 4.79 Å². The van der Waals surface area contributed by atoms with E-state index in [-0.39, 0.29) is 23.2 Å². The van der Waals surface area contributed by atoms with Gasteiger partial charge in [-0.05, 0) is 67.0 Å². The molecule has 0 heterocycles. The first-order valence-electron chi connectivity index (χ1n) is 12.5. The molecule has 0 saturated carbocycles. The maximum atomic E-state index is 13.5. The van der Waals surface area contributed by atoms with Crippen molar-refractivity contribution in [2.75, 3.05) is 19.0 Å². The summed E-state index contributed by atoms with van der Waals surface area (Å²) in [5, 5.41) is 0.0582. The van der Waals surface area contributed by atoms with Gasteiger partial charge in [0.25, 0.3) is 0 Å². The Bertz CT molecular complexity index is 1110. The van der Waals surface area contributed by atoms with Gasteiger partial charge in [-0.15, -0.1) is 0 Å². The Labute approximate surface area is 217 Å². The van der Waals surface area contributed by atoms with E-state index in [0.29, 0.717) is 0 Å². The van der Waals surface area contributed by atoms with Gasteiger partial charge in [-0.1, -0.05) is 69.3 Å². The number of hydrogen-bond acceptors (Lipinski definition) is 3. The number of nitrogens with zero attached hydrogens (tertiary/aromatic N) is 2. The minimum absolute atomic E-state index is 0.0582. The van der Waals surface area contributed by atoms with Crippen molar-refractivity contribution in [3.63, 3.8) is 0 Å². The van der Waals surface area contributed by atoms with Crippen LogP contribution in [0.15, 0.2) is 84.9 Å². The molecule has 0 unspecified atom stereocenters. The lowest BCUT2D eigenvalue weighted by molar-refractivity contribution is 0.0953. The second kappa shape index (κ2) is 11.3. The Morgan fingerprint density at radius 3 is 1.83 bits per heavy atom. The average Bonchev–Trinajstić information content (AvgIpc) is 2.86. The van der Waals surface area contributed by atoms with Crippen LogP contribution < -0.4 is 9.64 Å². The van der Waals surface area contributed by atoms with E-state index in [1.807, 2.05) is 79.8 Å². The predicted octanol–water partition coefficient (Wildman–Crippen LogP) is 8.12. The lowest BCUT2D eigenvalue weighted by Crippen LogP contribution is -2.50. The molecule has 0 aliphatic rings. The molecular weight excluding hydrogens is 464 g/mol. The summed E-state index contributed by atoms with van der Waals surface area (Å²) in [6, 6.07) is 27.2. The van der Waals surface area contributed by atoms with Gasteiger partial charge in [0.05, 0.1) is 12.1 Å². The molecule has 0 spiro atoms. The van der Waals surface area contributed by atoms with Crippen molar-refractivity contribution in [3.05, 3.63) is 90.5 Å². The van der Waals surface area contributed by atoms with Crippen LogP contribution in [0.1, 0.15) is 39.4 Å². The molecule has 0 fully saturated rings. The van der Waals surface area contributed by atoms with Crippen molar-refractivity contribution in [1.29, 1.82) is 0 Å². The van der Waals surface area contributed by atoms with Crippen LogP contribution in [-0.4, -0.2) is 39.4 Å². The third kappa shape index (κ3) is 6.56. The molecule has 0 aliphatic heterocycles. The zero-order chi connectivity index (χ0) is 26.5. The van der Waals surface area contributed by atoms with Crippen molar-refractivity contribution < 1.29 is 14.0 Å². The molecule has 192 valence electrons. The van der Waals surface area contributed by atoms with E-state index in [1.165, 1.54) is 0 Å². The molecule has 3 aromatic rings. The lowest BCUT2D eigenvalue weighted by Gasteiger charge is -2.43. The highest BCUT2D eigenvalue weighted by atomic mass is 28.4. The van der Waals surface area contributed by atoms with Gasteiger partial charge in [-0.2, -0.15) is 0 Å². The summed E-state index contributed by atoms with van der Waals surface area (Å²) in [5.74, 6) is 1.50. The molecule has 0 radical (unpaired) electrons. The summed E-state index contributed by atoms with van der Waals surface area (Å²) in [7, 11) is 1.56. The Morgan fingerprint density at radius 2 is 1.31 bits per heavy atom. The van der Waals surface area contributed by atoms with Gasteiger partial charge < -0.3 is 14.1 Å². The fourth-order valence-corrected chi connectivity index (χ4v) is 4.99. The highest BCUT2D eigenvalue weighted by Crippen LogP contribution is 2.41. The third-order valence-electron chi connectivity index (χ3n) is 7.20. The fourth-order valence-electron chi connectivity index (χ4n) is 3.67. The van der Waals surface area contributed by atoms with Crippen LogP contribution in [0.25, 0.3) is 0 Å². The first-order chi connectivity index (χ1) is 16.9. The van der Waals surface area contributed by atoms with Crippen molar-refractivity contribution in [2.45, 2.75) is 58.0 Å². The molecule has 0 aliphatic carbocycles. The van der Waals surface area contributed by atoms with Crippen LogP contribution in [0.5, 0.6) is 11.5 Å². The van der Waals surface area contributed by atoms with Gasteiger partial charge in [-0.25, -0.2) is 4.79 Å². The summed E-state index contributed by atoms with van der Waals surface area (Å²) < 4.78 is 12.8. The maximum Gasteiger partial charge on any atom is 0.324 e. The lowest BCUT2D eigenvalue weighted by atomic mass is 10.0. The summed E-state index contributed by atoms with van der Waals surface area (Å²) in [6.45, 7) is 13.3. The van der Waals surface area contributed by atoms with Gasteiger partial charge in [0.1, 0.15) is 11.5 Å². The monoisotopic (exact) mass is 504 g/mol. The topological polar surface area (TPSA) is 42.0 Å². The zero-order valence-electron chi connectivity index (χ0n) is 22.9. The highest BCUT2D eigenvalue weighted by molar-refractivity contribution is 6.74. The minimum atomic E-state index is -2.09. The summed E-state index contributed by atoms with van der Waals surface area (Å²) in [6.07, 6.45) is -0.226. The molecule has 0 saturated heterocycles. The molecule has 3 aromatic carbocycles. The number of urea groups is 1. The zero-order valence-corrected chi connectivity index (χ0v) is 23.9. The number of hydrogen-bond donors (Lipinski definition) is 0. The number of anilines is 1. The molecule has 0 aromatic heterocycles. The number of carbonyl (C=O) groups is 1. The number of amides is 2. The molecule has 3 rings (SSSR count). The van der Waals surface area contributed by atoms with E-state index < -0.39 is 8.32 Å². The first kappa shape index (κ1) is 27.5. The van der Waals surface area contributed by atoms with E-state index in [1.54, 1.807) is 16.8 Å². The quantitative estimate of drug-likeness (QED) is 0.291. The number of likely N-dealkylation sites (N-methyl/N-ethyl adjacent to an activating group) is 1. The maximum absolute atomic E-state index is 13.5. The molecular formula is C30H40N2O3Si. The third-order valence-corrected chi connectivity index (χ3v) is 11.7. The van der Waals surface area contributed by atoms with E-state index in [2.05, 4.69) is 52.9 Å². The van der Waals surface area contributed by atoms with Crippen LogP contribution in [0.2, 0.25) is 18.1 Å². The number of rotatable bonds is 8. The van der Waals surface area contributed by atoms with E-state index in [4.69, 9.17) is 9.16 Å². The Morgan fingerprint density at radius 1 is 0.806 bits per heavy atom. The van der Waals surface area contributed by atoms with Crippen LogP contribution in [-0.2, 0) is 4.43 Å². The van der Waals surface area contributed by atoms with Crippen LogP contribution in [0, 0.1) is 0 Å². The smallest absolute Gasteiger partial charge is 0.324 e. The predicted molar refractivity (Wildman–Crippen MR) is 151 cm³/mol. The molecule has 2 atom stereocenters. The Hall–Kier alpha value is -3.09. The van der Waals surface area contributed by atoms with Gasteiger partial charge in [0, 0.05) is 19.8 Å². The normalized spacial score (nSPS) is 13.6. The average molecular weight is 505 g/mol. The van der Waals surface area contributed by atoms with Crippen molar-refractivity contribution in [2.24, 2.45) is 0 Å². The number of ether oxygens (including phenoxy) is 1. The Kier molecular flexibility index (Phi) is 8.64. The molecule has 0 N–H and O–H groups in total. The molecule has 36 heavy (non-hydrogen) atoms. The Balaban J connectivity index is 1.77. The fraction of sp³-hybridized carbons (Fsp3) is 0.367. The molecule has 6 heteroatoms. The van der Waals surface area contributed by atoms with Crippen molar-refractivity contribution in [3.8, 4) is 11.5 Å². The summed E-state index contributed by atoms with van der Waals surface area (Å²) >= 11 is 0. The van der Waals surface area contributed by atoms with E-state index in [0.717, 1.165) is 22.7 Å². The second-order valence-electron chi connectivity index (χ2n) is 10.8. The molecule has 2 amide bonds. The van der Waals surface area contributed by atoms with Gasteiger partial charge >= 0.3 is 6.03 Å². The number of benzene rings is 3. The van der Waals surface area contributed by atoms with Crippen LogP contribution in [0.4, 0.5) is 10.5 Å². The summed E-state index contributed by atoms with van der Waals surface area (Å²) in [5.41, 5.74) is 1.88. The number of carbonyl (C=O) groups excluding carboxylic acids is 1. The van der Waals surface area contributed by atoms with Gasteiger partial charge in [0.15, 0.2) is 8.32 Å². The van der Waals surface area contributed by atoms with Gasteiger partial charge in [0.2, 0.25) is 0 Å². The highest BCUT2D eigenvalue weighted by Gasteiger charge is 2.41. The van der Waals surface area contributed by atoms with Crippen molar-refractivity contribution in [1.82, 2.24) is 4.90 Å². The molecule has 5 nitrogen and oxygen atoms in total. The SMILES string of the molecule is C[C@H]([C@@H](O[Si](C)(C)C(C)(C)C)c1ccccc1)N(C)C(=O)N(C)c1ccc(Oc2ccccc2)cc1. The van der Waals surface area contributed by atoms with Crippen LogP contribution in [0.3, 0.4) is 0 Å². The first-order valence-corrected chi connectivity index (χ1v) is 15.4. The number of para-hydroxylation sites is 1. The van der Waals surface area contributed by atoms with Crippen LogP contribution >= 0.6 is 0 Å². The second-order valence-corrected chi connectivity index (χ2v) is 15.6. The summed E-state index contributed by atoms with van der Waals surface area (Å²) in [4.78, 5) is 17.0. The van der Waals surface area contributed by atoms with Gasteiger partial charge in [-0.3, -0.25) is 4.90 Å². The molecule has 0 bridgehead atoms. The largest absolute Gasteiger partial charge is 0.457 e. The standard InChI is InChI=1S/C30H40N2O3Si/c1-23(28(24-15-11-9-12-16-24)35-36(7,8)30(2,3)4)31(5)29(33)32(6)25-19-21-27(22-20-25)34-26-17-13-10-14-18-26/h9-23,28H,1-8H3/t23-,28-/m1/s1. The minimum Gasteiger partial charge on any atom is -0.457 e. The van der Waals surface area contributed by atoms with E-state index >= 15 is 0 Å².